The van der Waals surface area contributed by atoms with Gasteiger partial charge in [0.05, 0.1) is 19.8 Å². The lowest BCUT2D eigenvalue weighted by Crippen LogP contribution is -2.34. The molecule has 9 heteroatoms. The van der Waals surface area contributed by atoms with Crippen molar-refractivity contribution in [2.75, 3.05) is 30.5 Å². The lowest BCUT2D eigenvalue weighted by atomic mass is 10.1. The van der Waals surface area contributed by atoms with Crippen molar-refractivity contribution in [2.45, 2.75) is 34.6 Å². The van der Waals surface area contributed by atoms with Gasteiger partial charge < -0.3 is 24.8 Å². The first-order valence-corrected chi connectivity index (χ1v) is 11.3. The number of hydrogen-bond donors (Lipinski definition) is 3. The Kier molecular flexibility index (Phi) is 9.93. The molecule has 0 radical (unpaired) electrons. The maximum Gasteiger partial charge on any atom is 0.257 e. The minimum Gasteiger partial charge on any atom is -0.490 e. The lowest BCUT2D eigenvalue weighted by Gasteiger charge is -2.17. The van der Waals surface area contributed by atoms with Crippen molar-refractivity contribution in [1.29, 1.82) is 0 Å². The highest BCUT2D eigenvalue weighted by atomic mass is 32.1. The number of hydrogen-bond acceptors (Lipinski definition) is 6. The molecular formula is C24H31N3O5S. The molecule has 0 aliphatic carbocycles. The molecule has 0 aliphatic heterocycles. The second kappa shape index (κ2) is 12.6. The summed E-state index contributed by atoms with van der Waals surface area (Å²) in [5.74, 6) is 0.638. The van der Waals surface area contributed by atoms with Crippen molar-refractivity contribution in [3.05, 3.63) is 42.0 Å². The van der Waals surface area contributed by atoms with Gasteiger partial charge in [-0.1, -0.05) is 19.9 Å². The summed E-state index contributed by atoms with van der Waals surface area (Å²) >= 11 is 5.30. The second-order valence-electron chi connectivity index (χ2n) is 7.23. The van der Waals surface area contributed by atoms with E-state index in [4.69, 9.17) is 26.4 Å². The van der Waals surface area contributed by atoms with Gasteiger partial charge in [0.25, 0.3) is 5.91 Å². The van der Waals surface area contributed by atoms with Gasteiger partial charge in [-0.2, -0.15) is 0 Å². The van der Waals surface area contributed by atoms with Crippen LogP contribution in [-0.4, -0.2) is 36.7 Å². The molecule has 0 saturated carbocycles. The quantitative estimate of drug-likeness (QED) is 0.434. The largest absolute Gasteiger partial charge is 0.490 e. The van der Waals surface area contributed by atoms with Crippen molar-refractivity contribution in [2.24, 2.45) is 5.92 Å². The SMILES string of the molecule is CCOc1cc(C(=O)NC(=S)Nc2cccc(NC(=O)C(C)C)c2)cc(OCC)c1OCC. The van der Waals surface area contributed by atoms with Crippen LogP contribution in [0.2, 0.25) is 0 Å². The molecule has 0 fully saturated rings. The Morgan fingerprint density at radius 1 is 0.879 bits per heavy atom. The molecule has 2 amide bonds. The van der Waals surface area contributed by atoms with Crippen molar-refractivity contribution >= 4 is 40.5 Å². The predicted octanol–water partition coefficient (Wildman–Crippen LogP) is 4.60. The maximum atomic E-state index is 12.9. The molecule has 0 aliphatic rings. The molecule has 0 spiro atoms. The minimum atomic E-state index is -0.429. The number of thiocarbonyl (C=S) groups is 1. The summed E-state index contributed by atoms with van der Waals surface area (Å²) in [5, 5.41) is 8.55. The van der Waals surface area contributed by atoms with Gasteiger partial charge in [0.15, 0.2) is 16.6 Å². The smallest absolute Gasteiger partial charge is 0.257 e. The summed E-state index contributed by atoms with van der Waals surface area (Å²) in [6, 6.07) is 10.3. The monoisotopic (exact) mass is 473 g/mol. The second-order valence-corrected chi connectivity index (χ2v) is 7.64. The summed E-state index contributed by atoms with van der Waals surface area (Å²) in [5.41, 5.74) is 1.56. The summed E-state index contributed by atoms with van der Waals surface area (Å²) in [4.78, 5) is 24.8. The Bertz CT molecular complexity index is 967. The van der Waals surface area contributed by atoms with Crippen molar-refractivity contribution in [3.8, 4) is 17.2 Å². The van der Waals surface area contributed by atoms with E-state index in [9.17, 15) is 9.59 Å². The van der Waals surface area contributed by atoms with E-state index in [1.54, 1.807) is 36.4 Å². The fourth-order valence-electron chi connectivity index (χ4n) is 2.82. The van der Waals surface area contributed by atoms with Gasteiger partial charge in [0, 0.05) is 22.9 Å². The molecule has 0 heterocycles. The third-order valence-corrected chi connectivity index (χ3v) is 4.51. The van der Waals surface area contributed by atoms with E-state index in [1.807, 2.05) is 34.6 Å². The minimum absolute atomic E-state index is 0.0891. The number of anilines is 2. The topological polar surface area (TPSA) is 97.9 Å². The fraction of sp³-hybridized carbons (Fsp3) is 0.375. The summed E-state index contributed by atoms with van der Waals surface area (Å²) in [6.45, 7) is 10.4. The summed E-state index contributed by atoms with van der Waals surface area (Å²) in [6.07, 6.45) is 0. The predicted molar refractivity (Wildman–Crippen MR) is 134 cm³/mol. The third kappa shape index (κ3) is 7.64. The van der Waals surface area contributed by atoms with E-state index in [1.165, 1.54) is 0 Å². The molecule has 33 heavy (non-hydrogen) atoms. The average Bonchev–Trinajstić information content (AvgIpc) is 2.76. The Balaban J connectivity index is 2.16. The molecule has 0 unspecified atom stereocenters. The normalized spacial score (nSPS) is 10.4. The Labute approximate surface area is 200 Å². The zero-order valence-electron chi connectivity index (χ0n) is 19.6. The van der Waals surface area contributed by atoms with Gasteiger partial charge in [-0.25, -0.2) is 0 Å². The molecule has 178 valence electrons. The number of ether oxygens (including phenoxy) is 3. The molecule has 3 N–H and O–H groups in total. The molecule has 0 atom stereocenters. The van der Waals surface area contributed by atoms with Gasteiger partial charge in [-0.3, -0.25) is 14.9 Å². The number of nitrogens with one attached hydrogen (secondary N) is 3. The third-order valence-electron chi connectivity index (χ3n) is 4.31. The van der Waals surface area contributed by atoms with Gasteiger partial charge in [0.1, 0.15) is 0 Å². The number of carbonyl (C=O) groups is 2. The van der Waals surface area contributed by atoms with Crippen LogP contribution in [-0.2, 0) is 4.79 Å². The zero-order valence-corrected chi connectivity index (χ0v) is 20.4. The van der Waals surface area contributed by atoms with Crippen LogP contribution in [0.15, 0.2) is 36.4 Å². The van der Waals surface area contributed by atoms with Crippen molar-refractivity contribution in [3.63, 3.8) is 0 Å². The molecule has 0 saturated heterocycles. The summed E-state index contributed by atoms with van der Waals surface area (Å²) in [7, 11) is 0. The van der Waals surface area contributed by atoms with Crippen LogP contribution in [0.5, 0.6) is 17.2 Å². The molecule has 0 aromatic heterocycles. The molecule has 2 rings (SSSR count). The lowest BCUT2D eigenvalue weighted by molar-refractivity contribution is -0.118. The van der Waals surface area contributed by atoms with Gasteiger partial charge >= 0.3 is 0 Å². The average molecular weight is 474 g/mol. The van der Waals surface area contributed by atoms with Crippen LogP contribution < -0.4 is 30.2 Å². The maximum absolute atomic E-state index is 12.9. The molecule has 2 aromatic carbocycles. The van der Waals surface area contributed by atoms with Crippen molar-refractivity contribution < 1.29 is 23.8 Å². The highest BCUT2D eigenvalue weighted by Gasteiger charge is 2.19. The van der Waals surface area contributed by atoms with Crippen LogP contribution in [0, 0.1) is 5.92 Å². The van der Waals surface area contributed by atoms with Crippen LogP contribution in [0.4, 0.5) is 11.4 Å². The molecule has 2 aromatic rings. The van der Waals surface area contributed by atoms with Crippen molar-refractivity contribution in [1.82, 2.24) is 5.32 Å². The number of benzene rings is 2. The molecule has 8 nitrogen and oxygen atoms in total. The zero-order chi connectivity index (χ0) is 24.4. The van der Waals surface area contributed by atoms with Gasteiger partial charge in [-0.05, 0) is 63.3 Å². The number of amides is 2. The standard InChI is InChI=1S/C24H31N3O5S/c1-6-30-19-12-16(13-20(31-7-2)21(19)32-8-3)23(29)27-24(33)26-18-11-9-10-17(14-18)25-22(28)15(4)5/h9-15H,6-8H2,1-5H3,(H,25,28)(H2,26,27,29,33). The Hall–Kier alpha value is -3.33. The fourth-order valence-corrected chi connectivity index (χ4v) is 3.03. The van der Waals surface area contributed by atoms with E-state index < -0.39 is 5.91 Å². The van der Waals surface area contributed by atoms with E-state index in [-0.39, 0.29) is 16.9 Å². The Morgan fingerprint density at radius 2 is 1.42 bits per heavy atom. The number of carbonyl (C=O) groups excluding carboxylic acids is 2. The highest BCUT2D eigenvalue weighted by molar-refractivity contribution is 7.80. The van der Waals surface area contributed by atoms with Crippen LogP contribution in [0.25, 0.3) is 0 Å². The van der Waals surface area contributed by atoms with E-state index in [0.717, 1.165) is 0 Å². The first-order chi connectivity index (χ1) is 15.8. The van der Waals surface area contributed by atoms with E-state index in [2.05, 4.69) is 16.0 Å². The first kappa shape index (κ1) is 25.9. The molecular weight excluding hydrogens is 442 g/mol. The molecule has 0 bridgehead atoms. The van der Waals surface area contributed by atoms with Gasteiger partial charge in [0.2, 0.25) is 11.7 Å². The first-order valence-electron chi connectivity index (χ1n) is 10.9. The van der Waals surface area contributed by atoms with E-state index in [0.29, 0.717) is 54.0 Å². The number of rotatable bonds is 10. The van der Waals surface area contributed by atoms with Crippen LogP contribution >= 0.6 is 12.2 Å². The van der Waals surface area contributed by atoms with E-state index >= 15 is 0 Å². The van der Waals surface area contributed by atoms with Crippen LogP contribution in [0.1, 0.15) is 45.0 Å². The van der Waals surface area contributed by atoms with Gasteiger partial charge in [-0.15, -0.1) is 0 Å². The van der Waals surface area contributed by atoms with Crippen LogP contribution in [0.3, 0.4) is 0 Å². The highest BCUT2D eigenvalue weighted by Crippen LogP contribution is 2.39. The Morgan fingerprint density at radius 3 is 1.94 bits per heavy atom. The summed E-state index contributed by atoms with van der Waals surface area (Å²) < 4.78 is 17.0.